The standard InChI is InChI=1S/C17H20F3NO4/c1-17(2,3)25-16(24)21-8-9(5-14(21)15(22)23)4-11-12(19)6-10(18)7-13(11)20/h6-7,9,14H,4-5,8H2,1-3H3,(H,22,23). The number of ether oxygens (including phenoxy) is 1. The summed E-state index contributed by atoms with van der Waals surface area (Å²) in [5.41, 5.74) is -1.12. The zero-order valence-corrected chi connectivity index (χ0v) is 14.2. The predicted molar refractivity (Wildman–Crippen MR) is 82.5 cm³/mol. The van der Waals surface area contributed by atoms with Crippen LogP contribution in [0.15, 0.2) is 12.1 Å². The lowest BCUT2D eigenvalue weighted by Gasteiger charge is -2.26. The Morgan fingerprint density at radius 1 is 1.24 bits per heavy atom. The Morgan fingerprint density at radius 2 is 1.80 bits per heavy atom. The summed E-state index contributed by atoms with van der Waals surface area (Å²) >= 11 is 0. The molecule has 0 aromatic heterocycles. The number of rotatable bonds is 3. The highest BCUT2D eigenvalue weighted by Crippen LogP contribution is 2.30. The molecule has 2 unspecified atom stereocenters. The maximum absolute atomic E-state index is 13.8. The van der Waals surface area contributed by atoms with Gasteiger partial charge >= 0.3 is 12.1 Å². The third-order valence-electron chi connectivity index (χ3n) is 3.90. The molecule has 1 amide bonds. The molecule has 2 atom stereocenters. The number of nitrogens with zero attached hydrogens (tertiary/aromatic N) is 1. The van der Waals surface area contributed by atoms with Gasteiger partial charge in [0.05, 0.1) is 0 Å². The number of halogens is 3. The molecular weight excluding hydrogens is 339 g/mol. The summed E-state index contributed by atoms with van der Waals surface area (Å²) in [4.78, 5) is 24.7. The Labute approximate surface area is 143 Å². The molecule has 1 heterocycles. The van der Waals surface area contributed by atoms with Gasteiger partial charge < -0.3 is 9.84 Å². The van der Waals surface area contributed by atoms with Crippen LogP contribution < -0.4 is 0 Å². The van der Waals surface area contributed by atoms with Crippen LogP contribution in [-0.2, 0) is 16.0 Å². The van der Waals surface area contributed by atoms with Crippen molar-refractivity contribution >= 4 is 12.1 Å². The van der Waals surface area contributed by atoms with E-state index in [0.717, 1.165) is 4.90 Å². The van der Waals surface area contributed by atoms with Crippen molar-refractivity contribution in [2.24, 2.45) is 5.92 Å². The Hall–Kier alpha value is -2.25. The van der Waals surface area contributed by atoms with E-state index in [1.54, 1.807) is 20.8 Å². The molecule has 1 aromatic rings. The Kier molecular flexibility index (Phi) is 5.29. The molecule has 1 fully saturated rings. The Bertz CT molecular complexity index is 664. The molecule has 1 aliphatic heterocycles. The van der Waals surface area contributed by atoms with Crippen LogP contribution in [0.2, 0.25) is 0 Å². The molecule has 1 aliphatic rings. The van der Waals surface area contributed by atoms with Crippen molar-refractivity contribution < 1.29 is 32.6 Å². The van der Waals surface area contributed by atoms with Gasteiger partial charge in [0, 0.05) is 24.2 Å². The smallest absolute Gasteiger partial charge is 0.411 e. The van der Waals surface area contributed by atoms with E-state index < -0.39 is 47.1 Å². The quantitative estimate of drug-likeness (QED) is 0.899. The van der Waals surface area contributed by atoms with Gasteiger partial charge in [-0.3, -0.25) is 4.90 Å². The van der Waals surface area contributed by atoms with E-state index in [1.165, 1.54) is 0 Å². The van der Waals surface area contributed by atoms with Crippen LogP contribution in [0, 0.1) is 23.4 Å². The average molecular weight is 359 g/mol. The molecule has 0 saturated carbocycles. The number of hydrogen-bond acceptors (Lipinski definition) is 3. The number of likely N-dealkylation sites (tertiary alicyclic amines) is 1. The molecule has 1 saturated heterocycles. The minimum absolute atomic E-state index is 0.0118. The van der Waals surface area contributed by atoms with Gasteiger partial charge in [-0.05, 0) is 39.5 Å². The largest absolute Gasteiger partial charge is 0.480 e. The minimum atomic E-state index is -1.21. The fraction of sp³-hybridized carbons (Fsp3) is 0.529. The van der Waals surface area contributed by atoms with E-state index in [4.69, 9.17) is 4.74 Å². The predicted octanol–water partition coefficient (Wildman–Crippen LogP) is 3.36. The van der Waals surface area contributed by atoms with Gasteiger partial charge in [-0.2, -0.15) is 0 Å². The fourth-order valence-electron chi connectivity index (χ4n) is 2.88. The highest BCUT2D eigenvalue weighted by Gasteiger charge is 2.41. The molecule has 8 heteroatoms. The molecule has 25 heavy (non-hydrogen) atoms. The summed E-state index contributed by atoms with van der Waals surface area (Å²) in [5, 5.41) is 9.31. The molecule has 2 rings (SSSR count). The lowest BCUT2D eigenvalue weighted by molar-refractivity contribution is -0.142. The third-order valence-corrected chi connectivity index (χ3v) is 3.90. The van der Waals surface area contributed by atoms with Crippen LogP contribution in [-0.4, -0.2) is 40.3 Å². The molecule has 0 aliphatic carbocycles. The summed E-state index contributed by atoms with van der Waals surface area (Å²) < 4.78 is 45.8. The Morgan fingerprint density at radius 3 is 2.28 bits per heavy atom. The van der Waals surface area contributed by atoms with Crippen LogP contribution in [0.5, 0.6) is 0 Å². The third kappa shape index (κ3) is 4.64. The van der Waals surface area contributed by atoms with Gasteiger partial charge in [-0.15, -0.1) is 0 Å². The number of aliphatic carboxylic acids is 1. The monoisotopic (exact) mass is 359 g/mol. The van der Waals surface area contributed by atoms with E-state index >= 15 is 0 Å². The molecule has 5 nitrogen and oxygen atoms in total. The number of carbonyl (C=O) groups is 2. The van der Waals surface area contributed by atoms with Crippen molar-refractivity contribution in [3.63, 3.8) is 0 Å². The first-order chi connectivity index (χ1) is 11.5. The van der Waals surface area contributed by atoms with Crippen molar-refractivity contribution in [1.29, 1.82) is 0 Å². The second-order valence-corrected chi connectivity index (χ2v) is 7.14. The number of hydrogen-bond donors (Lipinski definition) is 1. The summed E-state index contributed by atoms with van der Waals surface area (Å²) in [6.45, 7) is 4.94. The number of carbonyl (C=O) groups excluding carboxylic acids is 1. The van der Waals surface area contributed by atoms with Crippen LogP contribution in [0.4, 0.5) is 18.0 Å². The van der Waals surface area contributed by atoms with Crippen LogP contribution in [0.1, 0.15) is 32.8 Å². The molecule has 0 spiro atoms. The van der Waals surface area contributed by atoms with Gasteiger partial charge in [-0.25, -0.2) is 22.8 Å². The van der Waals surface area contributed by atoms with Gasteiger partial charge in [0.15, 0.2) is 0 Å². The Balaban J connectivity index is 2.17. The molecule has 1 aromatic carbocycles. The van der Waals surface area contributed by atoms with E-state index in [0.29, 0.717) is 12.1 Å². The van der Waals surface area contributed by atoms with Crippen molar-refractivity contribution in [3.8, 4) is 0 Å². The first-order valence-corrected chi connectivity index (χ1v) is 7.84. The van der Waals surface area contributed by atoms with Crippen molar-refractivity contribution in [2.45, 2.75) is 45.3 Å². The van der Waals surface area contributed by atoms with Crippen molar-refractivity contribution in [3.05, 3.63) is 35.1 Å². The lowest BCUT2D eigenvalue weighted by Crippen LogP contribution is -2.43. The second-order valence-electron chi connectivity index (χ2n) is 7.14. The van der Waals surface area contributed by atoms with Gasteiger partial charge in [0.2, 0.25) is 0 Å². The van der Waals surface area contributed by atoms with Crippen molar-refractivity contribution in [2.75, 3.05) is 6.54 Å². The maximum atomic E-state index is 13.8. The first-order valence-electron chi connectivity index (χ1n) is 7.84. The normalized spacial score (nSPS) is 20.6. The fourth-order valence-corrected chi connectivity index (χ4v) is 2.88. The maximum Gasteiger partial charge on any atom is 0.411 e. The van der Waals surface area contributed by atoms with Gasteiger partial charge in [0.25, 0.3) is 0 Å². The van der Waals surface area contributed by atoms with Gasteiger partial charge in [-0.1, -0.05) is 0 Å². The molecular formula is C17H20F3NO4. The zero-order valence-electron chi connectivity index (χ0n) is 14.2. The summed E-state index contributed by atoms with van der Waals surface area (Å²) in [5.74, 6) is -4.78. The topological polar surface area (TPSA) is 66.8 Å². The lowest BCUT2D eigenvalue weighted by atomic mass is 9.96. The molecule has 0 radical (unpaired) electrons. The van der Waals surface area contributed by atoms with E-state index in [9.17, 15) is 27.9 Å². The summed E-state index contributed by atoms with van der Waals surface area (Å²) in [7, 11) is 0. The van der Waals surface area contributed by atoms with E-state index in [2.05, 4.69) is 0 Å². The summed E-state index contributed by atoms with van der Waals surface area (Å²) in [6.07, 6.45) is -0.895. The van der Waals surface area contributed by atoms with Crippen LogP contribution >= 0.6 is 0 Å². The van der Waals surface area contributed by atoms with E-state index in [1.807, 2.05) is 0 Å². The molecule has 138 valence electrons. The van der Waals surface area contributed by atoms with Crippen LogP contribution in [0.3, 0.4) is 0 Å². The van der Waals surface area contributed by atoms with Crippen LogP contribution in [0.25, 0.3) is 0 Å². The van der Waals surface area contributed by atoms with Crippen molar-refractivity contribution in [1.82, 2.24) is 4.90 Å². The number of carboxylic acid groups (broad SMARTS) is 1. The average Bonchev–Trinajstić information content (AvgIpc) is 2.85. The highest BCUT2D eigenvalue weighted by atomic mass is 19.1. The summed E-state index contributed by atoms with van der Waals surface area (Å²) in [6, 6.07) is 0.0212. The number of carboxylic acids is 1. The molecule has 1 N–H and O–H groups in total. The minimum Gasteiger partial charge on any atom is -0.480 e. The SMILES string of the molecule is CC(C)(C)OC(=O)N1CC(Cc2c(F)cc(F)cc2F)CC1C(=O)O. The first kappa shape index (κ1) is 19.1. The van der Waals surface area contributed by atoms with Gasteiger partial charge in [0.1, 0.15) is 29.1 Å². The zero-order chi connectivity index (χ0) is 18.9. The van der Waals surface area contributed by atoms with E-state index in [-0.39, 0.29) is 24.9 Å². The molecule has 0 bridgehead atoms. The number of amides is 1. The highest BCUT2D eigenvalue weighted by molar-refractivity contribution is 5.81. The number of benzene rings is 1. The second kappa shape index (κ2) is 6.93.